The monoisotopic (exact) mass is 682 g/mol. The van der Waals surface area contributed by atoms with Gasteiger partial charge < -0.3 is 41.0 Å². The number of unbranched alkanes of at least 4 members (excludes halogenated alkanes) is 1. The average Bonchev–Trinajstić information content (AvgIpc) is 3.35. The number of hydrogen-bond acceptors (Lipinski definition) is 12. The second-order valence-electron chi connectivity index (χ2n) is 13.1. The smallest absolute Gasteiger partial charge is 0.410 e. The number of nitrogens with zero attached hydrogens (tertiary/aromatic N) is 2. The van der Waals surface area contributed by atoms with Crippen molar-refractivity contribution in [2.45, 2.75) is 81.9 Å². The number of piperazine rings is 1. The molecule has 1 amide bonds. The Morgan fingerprint density at radius 2 is 1.79 bits per heavy atom. The fraction of sp³-hybridized carbons (Fsp3) is 0.677. The van der Waals surface area contributed by atoms with E-state index in [4.69, 9.17) is 31.1 Å². The van der Waals surface area contributed by atoms with E-state index in [-0.39, 0.29) is 37.7 Å². The molecule has 3 unspecified atom stereocenters. The number of sulfone groups is 1. The molecular weight excluding hydrogens is 632 g/mol. The lowest BCUT2D eigenvalue weighted by molar-refractivity contribution is -0.166. The number of carbonyl (C=O) groups is 3. The summed E-state index contributed by atoms with van der Waals surface area (Å²) in [5.41, 5.74) is 10.2. The van der Waals surface area contributed by atoms with Crippen molar-refractivity contribution < 1.29 is 42.1 Å². The lowest BCUT2D eigenvalue weighted by Crippen LogP contribution is -2.67. The van der Waals surface area contributed by atoms with Crippen LogP contribution in [0.25, 0.3) is 0 Å². The van der Waals surface area contributed by atoms with Crippen molar-refractivity contribution in [3.63, 3.8) is 0 Å². The Bertz CT molecular complexity index is 1380. The molecule has 2 saturated heterocycles. The second kappa shape index (κ2) is 15.6. The van der Waals surface area contributed by atoms with Gasteiger partial charge in [0.15, 0.2) is 21.5 Å². The quantitative estimate of drug-likeness (QED) is 0.0882. The summed E-state index contributed by atoms with van der Waals surface area (Å²) in [6.07, 6.45) is -0.0739. The van der Waals surface area contributed by atoms with Crippen LogP contribution < -0.4 is 21.5 Å². The van der Waals surface area contributed by atoms with Crippen LogP contribution in [0.4, 0.5) is 4.79 Å². The van der Waals surface area contributed by atoms with Gasteiger partial charge in [0.2, 0.25) is 4.87 Å². The number of carbonyl (C=O) groups excluding carboxylic acids is 2. The highest BCUT2D eigenvalue weighted by Crippen LogP contribution is 2.28. The molecule has 0 spiro atoms. The molecule has 2 heterocycles. The van der Waals surface area contributed by atoms with E-state index in [1.807, 2.05) is 4.90 Å². The predicted molar refractivity (Wildman–Crippen MR) is 175 cm³/mol. The maximum Gasteiger partial charge on any atom is 0.410 e. The van der Waals surface area contributed by atoms with Gasteiger partial charge in [-0.2, -0.15) is 0 Å². The number of carboxylic acids is 1. The second-order valence-corrected chi connectivity index (χ2v) is 15.4. The topological polar surface area (TPSA) is 228 Å². The standard InChI is InChI=1S/C31H50N6O9S/c1-5-6-18-47(42,43)31(34,26(38)39)19-22-8-10-23(11-9-22)44-21-24-20-36(28(41)45-24)15-7-12-30(25(32)33,27(40)46-29(2,3)4)37-16-13-35-14-17-37/h8-11,24,35H,5-7,12-21,34H2,1-4H3,(H3,32,33)(H,38,39). The summed E-state index contributed by atoms with van der Waals surface area (Å²) in [6.45, 7) is 9.93. The van der Waals surface area contributed by atoms with E-state index in [1.165, 1.54) is 4.90 Å². The molecule has 0 bridgehead atoms. The van der Waals surface area contributed by atoms with E-state index in [1.54, 1.807) is 52.0 Å². The first-order chi connectivity index (χ1) is 21.9. The summed E-state index contributed by atoms with van der Waals surface area (Å²) >= 11 is 0. The van der Waals surface area contributed by atoms with E-state index >= 15 is 0 Å². The Morgan fingerprint density at radius 3 is 2.34 bits per heavy atom. The molecule has 0 aliphatic carbocycles. The highest BCUT2D eigenvalue weighted by atomic mass is 32.2. The number of amides is 1. The Morgan fingerprint density at radius 1 is 1.15 bits per heavy atom. The summed E-state index contributed by atoms with van der Waals surface area (Å²) in [7, 11) is -4.11. The van der Waals surface area contributed by atoms with Gasteiger partial charge in [-0.3, -0.25) is 10.3 Å². The van der Waals surface area contributed by atoms with Crippen molar-refractivity contribution in [2.24, 2.45) is 11.5 Å². The average molecular weight is 683 g/mol. The minimum atomic E-state index is -4.11. The van der Waals surface area contributed by atoms with Gasteiger partial charge >= 0.3 is 18.0 Å². The fourth-order valence-corrected chi connectivity index (χ4v) is 7.30. The Labute approximate surface area is 276 Å². The third-order valence-corrected chi connectivity index (χ3v) is 10.5. The van der Waals surface area contributed by atoms with Gasteiger partial charge in [-0.25, -0.2) is 22.8 Å². The van der Waals surface area contributed by atoms with Crippen LogP contribution in [0, 0.1) is 5.41 Å². The third-order valence-electron chi connectivity index (χ3n) is 8.26. The van der Waals surface area contributed by atoms with Gasteiger partial charge in [0.1, 0.15) is 23.8 Å². The summed E-state index contributed by atoms with van der Waals surface area (Å²) in [6, 6.07) is 6.23. The van der Waals surface area contributed by atoms with Crippen LogP contribution in [0.15, 0.2) is 24.3 Å². The fourth-order valence-electron chi connectivity index (χ4n) is 5.61. The number of amidine groups is 1. The van der Waals surface area contributed by atoms with E-state index in [0.29, 0.717) is 56.8 Å². The number of carboxylic acid groups (broad SMARTS) is 1. The first-order valence-electron chi connectivity index (χ1n) is 15.9. The molecule has 0 aromatic heterocycles. The normalized spacial score (nSPS) is 20.1. The molecule has 16 heteroatoms. The first-order valence-corrected chi connectivity index (χ1v) is 17.6. The molecule has 1 aromatic carbocycles. The molecule has 2 aliphatic rings. The molecule has 0 radical (unpaired) electrons. The molecule has 0 saturated carbocycles. The molecular formula is C31H50N6O9S. The predicted octanol–water partition coefficient (Wildman–Crippen LogP) is 1.09. The summed E-state index contributed by atoms with van der Waals surface area (Å²) in [4.78, 5) is 39.0. The van der Waals surface area contributed by atoms with Gasteiger partial charge in [-0.15, -0.1) is 0 Å². The molecule has 3 atom stereocenters. The van der Waals surface area contributed by atoms with Crippen molar-refractivity contribution in [3.05, 3.63) is 29.8 Å². The van der Waals surface area contributed by atoms with Gasteiger partial charge in [-0.1, -0.05) is 25.5 Å². The number of esters is 1. The van der Waals surface area contributed by atoms with Crippen molar-refractivity contribution >= 4 is 33.7 Å². The van der Waals surface area contributed by atoms with Crippen LogP contribution in [0.1, 0.15) is 58.9 Å². The molecule has 1 aromatic rings. The zero-order chi connectivity index (χ0) is 35.0. The van der Waals surface area contributed by atoms with E-state index in [2.05, 4.69) is 5.32 Å². The summed E-state index contributed by atoms with van der Waals surface area (Å²) in [5.74, 6) is -2.40. The SMILES string of the molecule is CCCCS(=O)(=O)C(N)(Cc1ccc(OCC2CN(CCCC(C(=N)N)(C(=O)OC(C)(C)C)N3CCNCC3)C(=O)O2)cc1)C(=O)O. The zero-order valence-electron chi connectivity index (χ0n) is 27.7. The number of aliphatic carboxylic acids is 1. The minimum Gasteiger partial charge on any atom is -0.490 e. The Hall–Kier alpha value is -3.47. The van der Waals surface area contributed by atoms with Gasteiger partial charge in [0.05, 0.1) is 12.3 Å². The van der Waals surface area contributed by atoms with Crippen LogP contribution in [-0.4, -0.2) is 121 Å². The molecule has 7 N–H and O–H groups in total. The molecule has 2 aliphatic heterocycles. The minimum absolute atomic E-state index is 0.0407. The third kappa shape index (κ3) is 9.33. The Balaban J connectivity index is 1.58. The van der Waals surface area contributed by atoms with Gasteiger partial charge in [0, 0.05) is 39.1 Å². The first kappa shape index (κ1) is 38.0. The lowest BCUT2D eigenvalue weighted by Gasteiger charge is -2.44. The maximum absolute atomic E-state index is 13.5. The van der Waals surface area contributed by atoms with Crippen molar-refractivity contribution in [3.8, 4) is 5.75 Å². The number of hydrogen-bond donors (Lipinski definition) is 5. The lowest BCUT2D eigenvalue weighted by atomic mass is 9.88. The maximum atomic E-state index is 13.5. The number of benzene rings is 1. The van der Waals surface area contributed by atoms with Crippen LogP contribution in [0.5, 0.6) is 5.75 Å². The Kier molecular flexibility index (Phi) is 12.6. The number of rotatable bonds is 17. The van der Waals surface area contributed by atoms with E-state index < -0.39 is 56.4 Å². The molecule has 47 heavy (non-hydrogen) atoms. The van der Waals surface area contributed by atoms with Gasteiger partial charge in [-0.05, 0) is 57.7 Å². The molecule has 3 rings (SSSR count). The van der Waals surface area contributed by atoms with Crippen molar-refractivity contribution in [1.82, 2.24) is 15.1 Å². The van der Waals surface area contributed by atoms with Crippen LogP contribution in [-0.2, 0) is 35.3 Å². The molecule has 264 valence electrons. The van der Waals surface area contributed by atoms with Crippen molar-refractivity contribution in [1.29, 1.82) is 5.41 Å². The van der Waals surface area contributed by atoms with Crippen LogP contribution in [0.3, 0.4) is 0 Å². The highest BCUT2D eigenvalue weighted by molar-refractivity contribution is 7.93. The number of cyclic esters (lactones) is 1. The van der Waals surface area contributed by atoms with E-state index in [0.717, 1.165) is 0 Å². The molecule has 15 nitrogen and oxygen atoms in total. The number of nitrogens with two attached hydrogens (primary N) is 2. The summed E-state index contributed by atoms with van der Waals surface area (Å²) in [5, 5.41) is 21.3. The molecule has 2 fully saturated rings. The summed E-state index contributed by atoms with van der Waals surface area (Å²) < 4.78 is 42.4. The largest absolute Gasteiger partial charge is 0.490 e. The number of nitrogens with one attached hydrogen (secondary N) is 2. The van der Waals surface area contributed by atoms with E-state index in [9.17, 15) is 27.9 Å². The van der Waals surface area contributed by atoms with Crippen LogP contribution in [0.2, 0.25) is 0 Å². The zero-order valence-corrected chi connectivity index (χ0v) is 28.6. The van der Waals surface area contributed by atoms with Crippen molar-refractivity contribution in [2.75, 3.05) is 51.6 Å². The van der Waals surface area contributed by atoms with Crippen LogP contribution >= 0.6 is 0 Å². The number of ether oxygens (including phenoxy) is 3. The van der Waals surface area contributed by atoms with Gasteiger partial charge in [0.25, 0.3) is 0 Å². The highest BCUT2D eigenvalue weighted by Gasteiger charge is 2.50.